The van der Waals surface area contributed by atoms with E-state index in [1.54, 1.807) is 21.1 Å². The van der Waals surface area contributed by atoms with Crippen molar-refractivity contribution in [3.8, 4) is 0 Å². The highest BCUT2D eigenvalue weighted by Gasteiger charge is 2.25. The van der Waals surface area contributed by atoms with Gasteiger partial charge < -0.3 is 28.6 Å². The van der Waals surface area contributed by atoms with E-state index in [4.69, 9.17) is 14.2 Å². The summed E-state index contributed by atoms with van der Waals surface area (Å²) in [6.07, 6.45) is 54.7. The Morgan fingerprint density at radius 3 is 1.50 bits per heavy atom. The first-order valence-electron chi connectivity index (χ1n) is 23.6. The first kappa shape index (κ1) is 56.5. The monoisotopic (exact) mass is 838 g/mol. The lowest BCUT2D eigenvalue weighted by molar-refractivity contribution is -0.889. The van der Waals surface area contributed by atoms with Crippen LogP contribution in [0.4, 0.5) is 0 Å². The Morgan fingerprint density at radius 2 is 0.983 bits per heavy atom. The minimum atomic E-state index is -1.14. The molecule has 0 fully saturated rings. The van der Waals surface area contributed by atoms with Crippen LogP contribution in [0.25, 0.3) is 0 Å². The van der Waals surface area contributed by atoms with E-state index in [0.29, 0.717) is 6.42 Å². The van der Waals surface area contributed by atoms with Crippen molar-refractivity contribution in [1.82, 2.24) is 0 Å². The molecule has 0 aromatic carbocycles. The summed E-state index contributed by atoms with van der Waals surface area (Å²) in [5, 5.41) is 11.6. The molecule has 0 aliphatic rings. The molecule has 0 aliphatic carbocycles. The number of carbonyl (C=O) groups is 3. The number of rotatable bonds is 41. The van der Waals surface area contributed by atoms with Gasteiger partial charge in [0.15, 0.2) is 6.10 Å². The van der Waals surface area contributed by atoms with Gasteiger partial charge in [-0.2, -0.15) is 0 Å². The number of ether oxygens (including phenoxy) is 3. The molecule has 8 heteroatoms. The average molecular weight is 838 g/mol. The molecule has 60 heavy (non-hydrogen) atoms. The summed E-state index contributed by atoms with van der Waals surface area (Å²) < 4.78 is 17.1. The van der Waals surface area contributed by atoms with Crippen LogP contribution in [0.15, 0.2) is 85.1 Å². The second kappa shape index (κ2) is 42.2. The van der Waals surface area contributed by atoms with Crippen LogP contribution in [-0.2, 0) is 28.6 Å². The molecule has 0 saturated carbocycles. The van der Waals surface area contributed by atoms with Crippen molar-refractivity contribution in [3.63, 3.8) is 0 Å². The van der Waals surface area contributed by atoms with Crippen molar-refractivity contribution in [2.24, 2.45) is 0 Å². The molecule has 0 radical (unpaired) electrons. The molecule has 0 aliphatic heterocycles. The summed E-state index contributed by atoms with van der Waals surface area (Å²) in [5.41, 5.74) is 0. The number of nitrogens with zero attached hydrogens (tertiary/aromatic N) is 1. The molecule has 0 amide bonds. The van der Waals surface area contributed by atoms with Crippen LogP contribution < -0.4 is 5.11 Å². The van der Waals surface area contributed by atoms with E-state index in [1.807, 2.05) is 0 Å². The predicted octanol–water partition coefficient (Wildman–Crippen LogP) is 12.0. The second-order valence-corrected chi connectivity index (χ2v) is 16.6. The van der Waals surface area contributed by atoms with Crippen molar-refractivity contribution in [1.29, 1.82) is 0 Å². The molecule has 0 heterocycles. The number of unbranched alkanes of at least 4 members (excludes halogenated alkanes) is 14. The molecule has 0 spiro atoms. The quantitative estimate of drug-likeness (QED) is 0.0199. The Hall–Kier alpha value is -3.49. The summed E-state index contributed by atoms with van der Waals surface area (Å²) in [4.78, 5) is 36.9. The third kappa shape index (κ3) is 39.9. The number of carbonyl (C=O) groups excluding carboxylic acids is 3. The predicted molar refractivity (Wildman–Crippen MR) is 249 cm³/mol. The molecule has 0 aromatic heterocycles. The maximum absolute atomic E-state index is 12.7. The SMILES string of the molecule is CC/C=C/C/C=C/C/C=C/C/C=C/C/C=C/CCCCCCC(=O)OC(COCCC(C(=O)[O-])[N+](C)(C)C)COC(=O)CCCCC/C=C/C=C/CCCCCCCCC. The highest BCUT2D eigenvalue weighted by molar-refractivity contribution is 5.70. The number of aliphatic carboxylic acids is 1. The number of hydrogen-bond acceptors (Lipinski definition) is 7. The van der Waals surface area contributed by atoms with E-state index in [2.05, 4.69) is 98.9 Å². The highest BCUT2D eigenvalue weighted by atomic mass is 16.6. The number of carboxylic acid groups (broad SMARTS) is 1. The van der Waals surface area contributed by atoms with Crippen LogP contribution in [-0.4, -0.2) is 75.5 Å². The average Bonchev–Trinajstić information content (AvgIpc) is 3.21. The van der Waals surface area contributed by atoms with Crippen molar-refractivity contribution in [3.05, 3.63) is 85.1 Å². The van der Waals surface area contributed by atoms with Gasteiger partial charge in [0.2, 0.25) is 0 Å². The summed E-state index contributed by atoms with van der Waals surface area (Å²) in [6.45, 7) is 4.48. The van der Waals surface area contributed by atoms with Crippen LogP contribution in [0.3, 0.4) is 0 Å². The smallest absolute Gasteiger partial charge is 0.306 e. The fraction of sp³-hybridized carbons (Fsp3) is 0.673. The van der Waals surface area contributed by atoms with Crippen molar-refractivity contribution in [2.75, 3.05) is 41.0 Å². The van der Waals surface area contributed by atoms with Gasteiger partial charge in [-0.25, -0.2) is 0 Å². The highest BCUT2D eigenvalue weighted by Crippen LogP contribution is 2.12. The van der Waals surface area contributed by atoms with Gasteiger partial charge in [-0.3, -0.25) is 9.59 Å². The third-order valence-electron chi connectivity index (χ3n) is 10.0. The van der Waals surface area contributed by atoms with Gasteiger partial charge in [-0.15, -0.1) is 0 Å². The van der Waals surface area contributed by atoms with Crippen LogP contribution in [0, 0.1) is 0 Å². The fourth-order valence-electron chi connectivity index (χ4n) is 6.38. The lowest BCUT2D eigenvalue weighted by Crippen LogP contribution is -2.55. The molecule has 0 rings (SSSR count). The number of allylic oxidation sites excluding steroid dienone is 14. The molecule has 342 valence electrons. The van der Waals surface area contributed by atoms with Crippen LogP contribution >= 0.6 is 0 Å². The number of esters is 2. The Labute approximate surface area is 367 Å². The van der Waals surface area contributed by atoms with Gasteiger partial charge in [0.05, 0.1) is 40.3 Å². The van der Waals surface area contributed by atoms with Crippen molar-refractivity contribution in [2.45, 2.75) is 187 Å². The van der Waals surface area contributed by atoms with E-state index in [1.165, 1.54) is 44.9 Å². The molecule has 0 saturated heterocycles. The van der Waals surface area contributed by atoms with Crippen LogP contribution in [0.1, 0.15) is 174 Å². The number of likely N-dealkylation sites (N-methyl/N-ethyl adjacent to an activating group) is 1. The molecular formula is C52H87NO7. The van der Waals surface area contributed by atoms with E-state index in [-0.39, 0.29) is 49.1 Å². The van der Waals surface area contributed by atoms with E-state index >= 15 is 0 Å². The molecule has 0 aromatic rings. The van der Waals surface area contributed by atoms with E-state index in [9.17, 15) is 19.5 Å². The molecule has 0 N–H and O–H groups in total. The zero-order valence-electron chi connectivity index (χ0n) is 38.8. The van der Waals surface area contributed by atoms with Gasteiger partial charge in [0, 0.05) is 19.3 Å². The Kier molecular flexibility index (Phi) is 39.8. The zero-order valence-corrected chi connectivity index (χ0v) is 38.8. The standard InChI is InChI=1S/C52H87NO7/c1-6-8-10-12-14-16-18-20-22-24-25-26-27-29-31-33-35-37-39-41-43-51(55)60-48(46-58-45-44-49(52(56)57)53(3,4)5)47-59-50(54)42-40-38-36-34-32-30-28-23-21-19-17-15-13-11-9-7-2/h8,10,14,16,20,22-23,25-26,28-32,48-49H,6-7,9,11-13,15,17-19,21,24,27,33-47H2,1-5H3/b10-8+,16-14+,22-20+,26-25+,28-23+,31-29+,32-30+. The van der Waals surface area contributed by atoms with Gasteiger partial charge in [0.25, 0.3) is 0 Å². The maximum Gasteiger partial charge on any atom is 0.306 e. The molecule has 0 bridgehead atoms. The number of hydrogen-bond donors (Lipinski definition) is 0. The lowest BCUT2D eigenvalue weighted by Gasteiger charge is -2.34. The Morgan fingerprint density at radius 1 is 0.533 bits per heavy atom. The summed E-state index contributed by atoms with van der Waals surface area (Å²) in [5.74, 6) is -1.81. The molecule has 2 atom stereocenters. The first-order chi connectivity index (χ1) is 29.1. The largest absolute Gasteiger partial charge is 0.544 e. The van der Waals surface area contributed by atoms with Gasteiger partial charge in [0.1, 0.15) is 12.6 Å². The van der Waals surface area contributed by atoms with Crippen LogP contribution in [0.2, 0.25) is 0 Å². The van der Waals surface area contributed by atoms with Crippen molar-refractivity contribution >= 4 is 17.9 Å². The van der Waals surface area contributed by atoms with Gasteiger partial charge in [-0.1, -0.05) is 157 Å². The minimum absolute atomic E-state index is 0.0169. The van der Waals surface area contributed by atoms with Crippen molar-refractivity contribution < 1.29 is 38.2 Å². The zero-order chi connectivity index (χ0) is 44.2. The topological polar surface area (TPSA) is 102 Å². The van der Waals surface area contributed by atoms with Gasteiger partial charge in [-0.05, 0) is 83.5 Å². The molecule has 8 nitrogen and oxygen atoms in total. The van der Waals surface area contributed by atoms with Crippen LogP contribution in [0.5, 0.6) is 0 Å². The minimum Gasteiger partial charge on any atom is -0.544 e. The van der Waals surface area contributed by atoms with Gasteiger partial charge >= 0.3 is 11.9 Å². The summed E-state index contributed by atoms with van der Waals surface area (Å²) in [6, 6.07) is -0.739. The third-order valence-corrected chi connectivity index (χ3v) is 10.0. The molecule has 2 unspecified atom stereocenters. The van der Waals surface area contributed by atoms with E-state index < -0.39 is 18.1 Å². The maximum atomic E-state index is 12.7. The first-order valence-corrected chi connectivity index (χ1v) is 23.6. The number of quaternary nitrogens is 1. The second-order valence-electron chi connectivity index (χ2n) is 16.6. The summed E-state index contributed by atoms with van der Waals surface area (Å²) in [7, 11) is 5.38. The Bertz CT molecular complexity index is 1250. The number of carboxylic acids is 1. The normalized spacial score (nSPS) is 13.7. The Balaban J connectivity index is 4.42. The molecular weight excluding hydrogens is 751 g/mol. The lowest BCUT2D eigenvalue weighted by atomic mass is 10.1. The van der Waals surface area contributed by atoms with E-state index in [0.717, 1.165) is 96.3 Å². The summed E-state index contributed by atoms with van der Waals surface area (Å²) >= 11 is 0. The fourth-order valence-corrected chi connectivity index (χ4v) is 6.38.